The van der Waals surface area contributed by atoms with Gasteiger partial charge in [0.2, 0.25) is 0 Å². The number of sulfone groups is 1. The number of benzene rings is 2. The minimum atomic E-state index is -3.21. The van der Waals surface area contributed by atoms with E-state index in [2.05, 4.69) is 5.32 Å². The third-order valence-electron chi connectivity index (χ3n) is 3.76. The van der Waals surface area contributed by atoms with Gasteiger partial charge in [-0.25, -0.2) is 13.2 Å². The van der Waals surface area contributed by atoms with E-state index in [1.807, 2.05) is 37.3 Å². The first kappa shape index (κ1) is 18.0. The molecule has 0 fully saturated rings. The fourth-order valence-corrected chi connectivity index (χ4v) is 2.94. The van der Waals surface area contributed by atoms with Crippen molar-refractivity contribution in [3.63, 3.8) is 0 Å². The number of urea groups is 1. The summed E-state index contributed by atoms with van der Waals surface area (Å²) >= 11 is 0. The van der Waals surface area contributed by atoms with Crippen molar-refractivity contribution in [2.75, 3.05) is 13.3 Å². The number of carbonyl (C=O) groups excluding carboxylic acids is 1. The van der Waals surface area contributed by atoms with E-state index >= 15 is 0 Å². The monoisotopic (exact) mass is 346 g/mol. The van der Waals surface area contributed by atoms with Crippen LogP contribution in [0.2, 0.25) is 0 Å². The highest BCUT2D eigenvalue weighted by molar-refractivity contribution is 7.90. The number of carbonyl (C=O) groups is 1. The Morgan fingerprint density at radius 1 is 1.08 bits per heavy atom. The Labute approximate surface area is 143 Å². The van der Waals surface area contributed by atoms with Crippen LogP contribution in [-0.4, -0.2) is 32.7 Å². The van der Waals surface area contributed by atoms with Crippen LogP contribution in [0, 0.1) is 0 Å². The molecule has 2 rings (SSSR count). The molecule has 0 aromatic heterocycles. The normalized spacial score (nSPS) is 12.5. The second-order valence-electron chi connectivity index (χ2n) is 5.85. The first-order chi connectivity index (χ1) is 11.3. The number of hydrogen-bond donors (Lipinski definition) is 1. The van der Waals surface area contributed by atoms with Gasteiger partial charge in [0, 0.05) is 19.8 Å². The van der Waals surface area contributed by atoms with Crippen molar-refractivity contribution in [1.29, 1.82) is 0 Å². The van der Waals surface area contributed by atoms with Crippen molar-refractivity contribution in [3.05, 3.63) is 65.7 Å². The van der Waals surface area contributed by atoms with E-state index < -0.39 is 9.84 Å². The largest absolute Gasteiger partial charge is 0.331 e. The quantitative estimate of drug-likeness (QED) is 0.905. The van der Waals surface area contributed by atoms with Crippen LogP contribution in [0.1, 0.15) is 24.1 Å². The van der Waals surface area contributed by atoms with Crippen LogP contribution in [0.3, 0.4) is 0 Å². The van der Waals surface area contributed by atoms with E-state index in [1.165, 1.54) is 6.26 Å². The van der Waals surface area contributed by atoms with Crippen molar-refractivity contribution >= 4 is 15.9 Å². The highest BCUT2D eigenvalue weighted by atomic mass is 32.2. The maximum atomic E-state index is 12.3. The van der Waals surface area contributed by atoms with Gasteiger partial charge in [0.25, 0.3) is 0 Å². The summed E-state index contributed by atoms with van der Waals surface area (Å²) in [4.78, 5) is 14.2. The zero-order valence-electron chi connectivity index (χ0n) is 14.1. The molecule has 2 aromatic rings. The smallest absolute Gasteiger partial charge is 0.317 e. The second-order valence-corrected chi connectivity index (χ2v) is 7.87. The molecule has 6 heteroatoms. The van der Waals surface area contributed by atoms with Gasteiger partial charge in [-0.05, 0) is 30.2 Å². The molecule has 0 aliphatic carbocycles. The van der Waals surface area contributed by atoms with E-state index in [4.69, 9.17) is 0 Å². The molecule has 0 aliphatic rings. The Balaban J connectivity index is 1.98. The third-order valence-corrected chi connectivity index (χ3v) is 4.89. The van der Waals surface area contributed by atoms with E-state index in [-0.39, 0.29) is 17.0 Å². The molecule has 1 unspecified atom stereocenters. The molecular weight excluding hydrogens is 324 g/mol. The molecule has 2 amide bonds. The highest BCUT2D eigenvalue weighted by Crippen LogP contribution is 2.16. The van der Waals surface area contributed by atoms with Gasteiger partial charge in [-0.2, -0.15) is 0 Å². The zero-order valence-corrected chi connectivity index (χ0v) is 14.9. The maximum absolute atomic E-state index is 12.3. The molecule has 0 spiro atoms. The molecule has 0 bridgehead atoms. The van der Waals surface area contributed by atoms with E-state index in [1.54, 1.807) is 36.2 Å². The standard InChI is InChI=1S/C18H22N2O3S/c1-14(16-9-11-17(12-10-16)24(3,22)23)19-18(21)20(2)13-15-7-5-4-6-8-15/h4-12,14H,13H2,1-3H3,(H,19,21). The lowest BCUT2D eigenvalue weighted by atomic mass is 10.1. The van der Waals surface area contributed by atoms with Crippen LogP contribution in [0.5, 0.6) is 0 Å². The molecule has 2 aromatic carbocycles. The van der Waals surface area contributed by atoms with Gasteiger partial charge < -0.3 is 10.2 Å². The molecule has 128 valence electrons. The summed E-state index contributed by atoms with van der Waals surface area (Å²) in [5, 5.41) is 2.91. The second kappa shape index (κ2) is 7.49. The zero-order chi connectivity index (χ0) is 17.7. The van der Waals surface area contributed by atoms with Crippen LogP contribution in [-0.2, 0) is 16.4 Å². The summed E-state index contributed by atoms with van der Waals surface area (Å²) in [5.41, 5.74) is 1.91. The van der Waals surface area contributed by atoms with Crippen LogP contribution in [0.4, 0.5) is 4.79 Å². The summed E-state index contributed by atoms with van der Waals surface area (Å²) in [6.45, 7) is 2.39. The molecule has 24 heavy (non-hydrogen) atoms. The van der Waals surface area contributed by atoms with Crippen LogP contribution >= 0.6 is 0 Å². The van der Waals surface area contributed by atoms with Crippen LogP contribution in [0.15, 0.2) is 59.5 Å². The van der Waals surface area contributed by atoms with Crippen LogP contribution < -0.4 is 5.32 Å². The first-order valence-corrected chi connectivity index (χ1v) is 9.52. The van der Waals surface area contributed by atoms with Crippen molar-refractivity contribution < 1.29 is 13.2 Å². The number of hydrogen-bond acceptors (Lipinski definition) is 3. The Bertz CT molecular complexity index is 787. The fraction of sp³-hybridized carbons (Fsp3) is 0.278. The predicted octanol–water partition coefficient (Wildman–Crippen LogP) is 2.99. The number of nitrogens with zero attached hydrogens (tertiary/aromatic N) is 1. The summed E-state index contributed by atoms with van der Waals surface area (Å²) in [7, 11) is -1.47. The molecule has 0 heterocycles. The molecule has 1 atom stereocenters. The maximum Gasteiger partial charge on any atom is 0.317 e. The average molecular weight is 346 g/mol. The van der Waals surface area contributed by atoms with Crippen molar-refractivity contribution in [3.8, 4) is 0 Å². The Morgan fingerprint density at radius 3 is 2.21 bits per heavy atom. The van der Waals surface area contributed by atoms with Crippen molar-refractivity contribution in [2.45, 2.75) is 24.4 Å². The van der Waals surface area contributed by atoms with E-state index in [0.29, 0.717) is 6.54 Å². The van der Waals surface area contributed by atoms with Crippen LogP contribution in [0.25, 0.3) is 0 Å². The predicted molar refractivity (Wildman–Crippen MR) is 94.4 cm³/mol. The average Bonchev–Trinajstić information content (AvgIpc) is 2.55. The molecule has 0 saturated carbocycles. The van der Waals surface area contributed by atoms with Gasteiger partial charge in [0.15, 0.2) is 9.84 Å². The minimum Gasteiger partial charge on any atom is -0.331 e. The van der Waals surface area contributed by atoms with Gasteiger partial charge in [-0.3, -0.25) is 0 Å². The molecule has 0 saturated heterocycles. The number of rotatable bonds is 5. The van der Waals surface area contributed by atoms with Crippen molar-refractivity contribution in [1.82, 2.24) is 10.2 Å². The Hall–Kier alpha value is -2.34. The summed E-state index contributed by atoms with van der Waals surface area (Å²) in [6, 6.07) is 15.9. The van der Waals surface area contributed by atoms with Gasteiger partial charge in [0.1, 0.15) is 0 Å². The third kappa shape index (κ3) is 4.83. The summed E-state index contributed by atoms with van der Waals surface area (Å²) < 4.78 is 23.0. The molecule has 1 N–H and O–H groups in total. The van der Waals surface area contributed by atoms with Gasteiger partial charge in [-0.15, -0.1) is 0 Å². The first-order valence-electron chi connectivity index (χ1n) is 7.63. The van der Waals surface area contributed by atoms with Gasteiger partial charge >= 0.3 is 6.03 Å². The SMILES string of the molecule is CC(NC(=O)N(C)Cc1ccccc1)c1ccc(S(C)(=O)=O)cc1. The van der Waals surface area contributed by atoms with Crippen molar-refractivity contribution in [2.24, 2.45) is 0 Å². The van der Waals surface area contributed by atoms with Gasteiger partial charge in [0.05, 0.1) is 10.9 Å². The fourth-order valence-electron chi connectivity index (χ4n) is 2.31. The molecule has 0 aliphatic heterocycles. The summed E-state index contributed by atoms with van der Waals surface area (Å²) in [5.74, 6) is 0. The van der Waals surface area contributed by atoms with Gasteiger partial charge in [-0.1, -0.05) is 42.5 Å². The summed E-state index contributed by atoms with van der Waals surface area (Å²) in [6.07, 6.45) is 1.17. The highest BCUT2D eigenvalue weighted by Gasteiger charge is 2.14. The Morgan fingerprint density at radius 2 is 1.67 bits per heavy atom. The molecular formula is C18H22N2O3S. The molecule has 5 nitrogen and oxygen atoms in total. The topological polar surface area (TPSA) is 66.5 Å². The number of nitrogens with one attached hydrogen (secondary N) is 1. The van der Waals surface area contributed by atoms with E-state index in [0.717, 1.165) is 11.1 Å². The number of amides is 2. The Kier molecular flexibility index (Phi) is 5.62. The molecule has 0 radical (unpaired) electrons. The lowest BCUT2D eigenvalue weighted by Gasteiger charge is -2.22. The van der Waals surface area contributed by atoms with E-state index in [9.17, 15) is 13.2 Å². The minimum absolute atomic E-state index is 0.182. The lowest BCUT2D eigenvalue weighted by molar-refractivity contribution is 0.203. The lowest BCUT2D eigenvalue weighted by Crippen LogP contribution is -2.38.